The molecule has 0 aliphatic heterocycles. The van der Waals surface area contributed by atoms with Crippen LogP contribution in [0.2, 0.25) is 5.02 Å². The molecule has 0 fully saturated rings. The van der Waals surface area contributed by atoms with Crippen LogP contribution in [0.3, 0.4) is 0 Å². The van der Waals surface area contributed by atoms with Crippen LogP contribution in [0.25, 0.3) is 0 Å². The first kappa shape index (κ1) is 15.5. The van der Waals surface area contributed by atoms with E-state index in [0.717, 1.165) is 37.3 Å². The standard InChI is InChI=1S/C16H20ClF2N/c1-20-16(11-7-5-3-2-4-6-8-11)12-9-15(19)13(17)10-14(12)18/h7,9-10,16,20H,2-6,8H2,1H3/b11-7+. The van der Waals surface area contributed by atoms with E-state index < -0.39 is 11.6 Å². The number of benzene rings is 1. The van der Waals surface area contributed by atoms with Crippen molar-refractivity contribution in [3.8, 4) is 0 Å². The lowest BCUT2D eigenvalue weighted by Crippen LogP contribution is -2.21. The van der Waals surface area contributed by atoms with Crippen LogP contribution in [-0.2, 0) is 0 Å². The number of hydrogen-bond acceptors (Lipinski definition) is 1. The fourth-order valence-electron chi connectivity index (χ4n) is 2.78. The van der Waals surface area contributed by atoms with Gasteiger partial charge in [-0.2, -0.15) is 0 Å². The Morgan fingerprint density at radius 3 is 2.60 bits per heavy atom. The van der Waals surface area contributed by atoms with Gasteiger partial charge in [-0.25, -0.2) is 8.78 Å². The molecule has 0 saturated heterocycles. The molecule has 4 heteroatoms. The molecule has 0 saturated carbocycles. The Labute approximate surface area is 124 Å². The zero-order valence-corrected chi connectivity index (χ0v) is 12.4. The van der Waals surface area contributed by atoms with Gasteiger partial charge in [0.05, 0.1) is 11.1 Å². The van der Waals surface area contributed by atoms with Crippen LogP contribution in [0.1, 0.15) is 50.1 Å². The van der Waals surface area contributed by atoms with Crippen molar-refractivity contribution in [3.63, 3.8) is 0 Å². The predicted molar refractivity (Wildman–Crippen MR) is 79.0 cm³/mol. The first-order valence-corrected chi connectivity index (χ1v) is 7.52. The normalized spacial score (nSPS) is 20.7. The Morgan fingerprint density at radius 2 is 1.85 bits per heavy atom. The van der Waals surface area contributed by atoms with E-state index in [2.05, 4.69) is 11.4 Å². The minimum absolute atomic E-state index is 0.173. The summed E-state index contributed by atoms with van der Waals surface area (Å²) in [6.07, 6.45) is 8.81. The molecule has 110 valence electrons. The van der Waals surface area contributed by atoms with E-state index in [-0.39, 0.29) is 11.1 Å². The number of allylic oxidation sites excluding steroid dienone is 1. The van der Waals surface area contributed by atoms with Crippen molar-refractivity contribution in [2.75, 3.05) is 7.05 Å². The number of rotatable bonds is 3. The maximum Gasteiger partial charge on any atom is 0.142 e. The fraction of sp³-hybridized carbons (Fsp3) is 0.500. The molecule has 1 unspecified atom stereocenters. The number of hydrogen-bond donors (Lipinski definition) is 1. The summed E-state index contributed by atoms with van der Waals surface area (Å²) in [5.74, 6) is -1.03. The molecule has 1 atom stereocenters. The van der Waals surface area contributed by atoms with Crippen molar-refractivity contribution in [1.29, 1.82) is 0 Å². The monoisotopic (exact) mass is 299 g/mol. The molecule has 1 nitrogen and oxygen atoms in total. The second kappa shape index (κ2) is 7.19. The van der Waals surface area contributed by atoms with E-state index in [1.165, 1.54) is 18.9 Å². The average Bonchev–Trinajstić information content (AvgIpc) is 2.38. The zero-order chi connectivity index (χ0) is 14.5. The summed E-state index contributed by atoms with van der Waals surface area (Å²) in [5.41, 5.74) is 1.48. The van der Waals surface area contributed by atoms with E-state index in [0.29, 0.717) is 5.56 Å². The highest BCUT2D eigenvalue weighted by Crippen LogP contribution is 2.32. The maximum absolute atomic E-state index is 14.1. The molecule has 2 rings (SSSR count). The van der Waals surface area contributed by atoms with E-state index in [4.69, 9.17) is 11.6 Å². The molecule has 1 aromatic rings. The molecule has 1 aromatic carbocycles. The molecule has 0 radical (unpaired) electrons. The number of likely N-dealkylation sites (N-methyl/N-ethyl adjacent to an activating group) is 1. The van der Waals surface area contributed by atoms with E-state index in [9.17, 15) is 8.78 Å². The summed E-state index contributed by atoms with van der Waals surface area (Å²) in [7, 11) is 1.77. The van der Waals surface area contributed by atoms with Gasteiger partial charge in [0.2, 0.25) is 0 Å². The smallest absolute Gasteiger partial charge is 0.142 e. The van der Waals surface area contributed by atoms with Crippen molar-refractivity contribution >= 4 is 11.6 Å². The van der Waals surface area contributed by atoms with E-state index in [1.807, 2.05) is 0 Å². The number of nitrogens with one attached hydrogen (secondary N) is 1. The Hall–Kier alpha value is -0.930. The third-order valence-electron chi connectivity index (χ3n) is 3.84. The van der Waals surface area contributed by atoms with Gasteiger partial charge in [-0.3, -0.25) is 0 Å². The summed E-state index contributed by atoms with van der Waals surface area (Å²) in [5, 5.41) is 2.93. The Balaban J connectivity index is 2.33. The van der Waals surface area contributed by atoms with Gasteiger partial charge < -0.3 is 5.32 Å². The minimum atomic E-state index is -0.574. The van der Waals surface area contributed by atoms with Crippen molar-refractivity contribution in [2.45, 2.75) is 44.6 Å². The van der Waals surface area contributed by atoms with Gasteiger partial charge in [-0.15, -0.1) is 0 Å². The first-order chi connectivity index (χ1) is 9.63. The Bertz CT molecular complexity index is 499. The first-order valence-electron chi connectivity index (χ1n) is 7.14. The van der Waals surface area contributed by atoms with Gasteiger partial charge in [0.15, 0.2) is 0 Å². The zero-order valence-electron chi connectivity index (χ0n) is 11.7. The maximum atomic E-state index is 14.1. The SMILES string of the molecule is CNC(/C1=C/CCCCCC1)c1cc(F)c(Cl)cc1F. The van der Waals surface area contributed by atoms with Crippen LogP contribution in [0, 0.1) is 11.6 Å². The molecule has 0 heterocycles. The van der Waals surface area contributed by atoms with E-state index >= 15 is 0 Å². The quantitative estimate of drug-likeness (QED) is 0.600. The van der Waals surface area contributed by atoms with Gasteiger partial charge in [0.25, 0.3) is 0 Å². The fourth-order valence-corrected chi connectivity index (χ4v) is 2.93. The molecule has 1 aliphatic carbocycles. The summed E-state index contributed by atoms with van der Waals surface area (Å²) in [4.78, 5) is 0. The Morgan fingerprint density at radius 1 is 1.10 bits per heavy atom. The summed E-state index contributed by atoms with van der Waals surface area (Å²) < 4.78 is 27.7. The van der Waals surface area contributed by atoms with Gasteiger partial charge in [0.1, 0.15) is 11.6 Å². The summed E-state index contributed by atoms with van der Waals surface area (Å²) in [6.45, 7) is 0. The molecular formula is C16H20ClF2N. The molecule has 0 aromatic heterocycles. The number of halogens is 3. The third-order valence-corrected chi connectivity index (χ3v) is 4.13. The van der Waals surface area contributed by atoms with Crippen molar-refractivity contribution < 1.29 is 8.78 Å². The highest BCUT2D eigenvalue weighted by atomic mass is 35.5. The van der Waals surface area contributed by atoms with Crippen molar-refractivity contribution in [3.05, 3.63) is 46.0 Å². The van der Waals surface area contributed by atoms with Crippen molar-refractivity contribution in [2.24, 2.45) is 0 Å². The highest BCUT2D eigenvalue weighted by Gasteiger charge is 2.20. The lowest BCUT2D eigenvalue weighted by atomic mass is 9.90. The lowest BCUT2D eigenvalue weighted by molar-refractivity contribution is 0.532. The predicted octanol–water partition coefficient (Wildman–Crippen LogP) is 5.16. The average molecular weight is 300 g/mol. The lowest BCUT2D eigenvalue weighted by Gasteiger charge is -2.23. The van der Waals surface area contributed by atoms with Crippen LogP contribution in [0.15, 0.2) is 23.8 Å². The summed E-state index contributed by atoms with van der Waals surface area (Å²) >= 11 is 5.62. The molecule has 0 spiro atoms. The third kappa shape index (κ3) is 3.58. The van der Waals surface area contributed by atoms with Crippen LogP contribution >= 0.6 is 11.6 Å². The molecule has 20 heavy (non-hydrogen) atoms. The van der Waals surface area contributed by atoms with Crippen LogP contribution in [0.5, 0.6) is 0 Å². The molecule has 1 N–H and O–H groups in total. The van der Waals surface area contributed by atoms with Crippen molar-refractivity contribution in [1.82, 2.24) is 5.32 Å². The molecular weight excluding hydrogens is 280 g/mol. The molecule has 0 bridgehead atoms. The molecule has 0 amide bonds. The van der Waals surface area contributed by atoms with Gasteiger partial charge in [0, 0.05) is 5.56 Å². The van der Waals surface area contributed by atoms with Gasteiger partial charge >= 0.3 is 0 Å². The van der Waals surface area contributed by atoms with Crippen LogP contribution < -0.4 is 5.32 Å². The van der Waals surface area contributed by atoms with E-state index in [1.54, 1.807) is 7.05 Å². The second-order valence-corrected chi connectivity index (χ2v) is 5.65. The van der Waals surface area contributed by atoms with Gasteiger partial charge in [-0.05, 0) is 44.9 Å². The largest absolute Gasteiger partial charge is 0.310 e. The molecule has 1 aliphatic rings. The second-order valence-electron chi connectivity index (χ2n) is 5.24. The summed E-state index contributed by atoms with van der Waals surface area (Å²) in [6, 6.07) is 1.98. The minimum Gasteiger partial charge on any atom is -0.310 e. The highest BCUT2D eigenvalue weighted by molar-refractivity contribution is 6.30. The van der Waals surface area contributed by atoms with Crippen LogP contribution in [-0.4, -0.2) is 7.05 Å². The van der Waals surface area contributed by atoms with Gasteiger partial charge in [-0.1, -0.05) is 36.1 Å². The van der Waals surface area contributed by atoms with Crippen LogP contribution in [0.4, 0.5) is 8.78 Å². The Kier molecular flexibility index (Phi) is 5.55. The topological polar surface area (TPSA) is 12.0 Å².